The van der Waals surface area contributed by atoms with Gasteiger partial charge in [-0.2, -0.15) is 0 Å². The maximum absolute atomic E-state index is 13.0. The Morgan fingerprint density at radius 3 is 2.55 bits per heavy atom. The van der Waals surface area contributed by atoms with Crippen LogP contribution in [0.3, 0.4) is 0 Å². The SMILES string of the molecule is C[C@]12CC[C@@H]3[C@H](C(=O)C[C@H]4C[C@H](O)CC[C@@]43C)[C@H]1C[C@@H](O)C2. The molecule has 3 nitrogen and oxygen atoms in total. The molecule has 124 valence electrons. The normalized spacial score (nSPS) is 57.9. The first-order valence-corrected chi connectivity index (χ1v) is 9.22. The molecule has 0 bridgehead atoms. The van der Waals surface area contributed by atoms with Gasteiger partial charge in [-0.15, -0.1) is 0 Å². The Hall–Kier alpha value is -0.410. The maximum atomic E-state index is 13.0. The zero-order chi connectivity index (χ0) is 15.7. The Labute approximate surface area is 133 Å². The van der Waals surface area contributed by atoms with Crippen LogP contribution in [0.1, 0.15) is 65.2 Å². The molecule has 4 fully saturated rings. The highest BCUT2D eigenvalue weighted by Crippen LogP contribution is 2.65. The van der Waals surface area contributed by atoms with E-state index in [9.17, 15) is 15.0 Å². The molecule has 2 N–H and O–H groups in total. The maximum Gasteiger partial charge on any atom is 0.136 e. The van der Waals surface area contributed by atoms with E-state index in [1.807, 2.05) is 0 Å². The zero-order valence-electron chi connectivity index (χ0n) is 13.9. The molecule has 0 saturated heterocycles. The summed E-state index contributed by atoms with van der Waals surface area (Å²) in [6.07, 6.45) is 7.04. The summed E-state index contributed by atoms with van der Waals surface area (Å²) in [6.45, 7) is 4.69. The Balaban J connectivity index is 1.68. The van der Waals surface area contributed by atoms with Crippen LogP contribution in [0.4, 0.5) is 0 Å². The molecule has 22 heavy (non-hydrogen) atoms. The van der Waals surface area contributed by atoms with E-state index >= 15 is 0 Å². The minimum Gasteiger partial charge on any atom is -0.393 e. The quantitative estimate of drug-likeness (QED) is 0.723. The largest absolute Gasteiger partial charge is 0.393 e. The van der Waals surface area contributed by atoms with Crippen molar-refractivity contribution in [2.24, 2.45) is 34.5 Å². The van der Waals surface area contributed by atoms with Gasteiger partial charge in [-0.25, -0.2) is 0 Å². The van der Waals surface area contributed by atoms with Gasteiger partial charge in [-0.05, 0) is 73.5 Å². The molecule has 0 aliphatic heterocycles. The fourth-order valence-electron chi connectivity index (χ4n) is 6.93. The van der Waals surface area contributed by atoms with Crippen LogP contribution in [0.5, 0.6) is 0 Å². The van der Waals surface area contributed by atoms with Crippen LogP contribution >= 0.6 is 0 Å². The van der Waals surface area contributed by atoms with E-state index in [-0.39, 0.29) is 29.0 Å². The van der Waals surface area contributed by atoms with Crippen LogP contribution in [0.15, 0.2) is 0 Å². The van der Waals surface area contributed by atoms with Gasteiger partial charge in [-0.1, -0.05) is 13.8 Å². The van der Waals surface area contributed by atoms with Crippen molar-refractivity contribution in [3.8, 4) is 0 Å². The molecule has 0 heterocycles. The highest BCUT2D eigenvalue weighted by atomic mass is 16.3. The first-order chi connectivity index (χ1) is 10.3. The van der Waals surface area contributed by atoms with Crippen molar-refractivity contribution in [3.63, 3.8) is 0 Å². The van der Waals surface area contributed by atoms with E-state index in [2.05, 4.69) is 13.8 Å². The number of Topliss-reactive ketones (excluding diaryl/α,β-unsaturated/α-hetero) is 1. The summed E-state index contributed by atoms with van der Waals surface area (Å²) in [6, 6.07) is 0. The van der Waals surface area contributed by atoms with Gasteiger partial charge in [-0.3, -0.25) is 4.79 Å². The van der Waals surface area contributed by atoms with Gasteiger partial charge < -0.3 is 10.2 Å². The third kappa shape index (κ3) is 1.97. The molecule has 0 aromatic carbocycles. The lowest BCUT2D eigenvalue weighted by atomic mass is 9.45. The van der Waals surface area contributed by atoms with Crippen molar-refractivity contribution in [1.82, 2.24) is 0 Å². The Morgan fingerprint density at radius 2 is 1.77 bits per heavy atom. The fourth-order valence-corrected chi connectivity index (χ4v) is 6.93. The second kappa shape index (κ2) is 4.80. The minimum atomic E-state index is -0.208. The zero-order valence-corrected chi connectivity index (χ0v) is 13.9. The highest BCUT2D eigenvalue weighted by Gasteiger charge is 2.61. The van der Waals surface area contributed by atoms with E-state index in [0.717, 1.165) is 44.9 Å². The number of fused-ring (bicyclic) bond motifs is 5. The highest BCUT2D eigenvalue weighted by molar-refractivity contribution is 5.83. The van der Waals surface area contributed by atoms with Crippen molar-refractivity contribution >= 4 is 5.78 Å². The van der Waals surface area contributed by atoms with Crippen molar-refractivity contribution < 1.29 is 15.0 Å². The second-order valence-electron chi connectivity index (χ2n) is 9.33. The van der Waals surface area contributed by atoms with E-state index in [0.29, 0.717) is 30.0 Å². The molecular formula is C19H30O3. The predicted molar refractivity (Wildman–Crippen MR) is 84.1 cm³/mol. The number of hydrogen-bond acceptors (Lipinski definition) is 3. The monoisotopic (exact) mass is 306 g/mol. The fraction of sp³-hybridized carbons (Fsp3) is 0.947. The van der Waals surface area contributed by atoms with Crippen molar-refractivity contribution in [2.75, 3.05) is 0 Å². The van der Waals surface area contributed by atoms with Gasteiger partial charge in [0.1, 0.15) is 5.78 Å². The Morgan fingerprint density at radius 1 is 1.00 bits per heavy atom. The minimum absolute atomic E-state index is 0.174. The van der Waals surface area contributed by atoms with E-state index < -0.39 is 0 Å². The topological polar surface area (TPSA) is 57.5 Å². The summed E-state index contributed by atoms with van der Waals surface area (Å²) >= 11 is 0. The molecule has 0 aromatic rings. The number of hydrogen-bond donors (Lipinski definition) is 2. The van der Waals surface area contributed by atoms with Crippen LogP contribution in [0, 0.1) is 34.5 Å². The molecule has 0 spiro atoms. The molecular weight excluding hydrogens is 276 g/mol. The molecule has 0 amide bonds. The molecule has 4 aliphatic rings. The molecule has 4 aliphatic carbocycles. The molecule has 4 rings (SSSR count). The number of aliphatic hydroxyl groups excluding tert-OH is 2. The molecule has 0 unspecified atom stereocenters. The van der Waals surface area contributed by atoms with Crippen LogP contribution in [0.2, 0.25) is 0 Å². The smallest absolute Gasteiger partial charge is 0.136 e. The lowest BCUT2D eigenvalue weighted by molar-refractivity contribution is -0.158. The molecule has 3 heteroatoms. The van der Waals surface area contributed by atoms with E-state index in [1.54, 1.807) is 0 Å². The third-order valence-corrected chi connectivity index (χ3v) is 8.19. The molecule has 0 aromatic heterocycles. The predicted octanol–water partition coefficient (Wildman–Crippen LogP) is 2.93. The Kier molecular flexibility index (Phi) is 3.30. The lowest BCUT2D eigenvalue weighted by Crippen LogP contribution is -2.56. The van der Waals surface area contributed by atoms with Crippen LogP contribution in [0.25, 0.3) is 0 Å². The number of rotatable bonds is 0. The van der Waals surface area contributed by atoms with Gasteiger partial charge in [0.05, 0.1) is 12.2 Å². The van der Waals surface area contributed by atoms with Crippen molar-refractivity contribution in [2.45, 2.75) is 77.4 Å². The van der Waals surface area contributed by atoms with Gasteiger partial charge in [0, 0.05) is 12.3 Å². The van der Waals surface area contributed by atoms with Crippen LogP contribution < -0.4 is 0 Å². The summed E-state index contributed by atoms with van der Waals surface area (Å²) in [4.78, 5) is 13.0. The summed E-state index contributed by atoms with van der Waals surface area (Å²) < 4.78 is 0. The third-order valence-electron chi connectivity index (χ3n) is 8.19. The average molecular weight is 306 g/mol. The summed E-state index contributed by atoms with van der Waals surface area (Å²) in [5.74, 6) is 1.85. The summed E-state index contributed by atoms with van der Waals surface area (Å²) in [5.41, 5.74) is 0.403. The first kappa shape index (κ1) is 15.1. The van der Waals surface area contributed by atoms with Crippen LogP contribution in [-0.4, -0.2) is 28.2 Å². The number of aliphatic hydroxyl groups is 2. The molecule has 8 atom stereocenters. The average Bonchev–Trinajstić information content (AvgIpc) is 2.75. The van der Waals surface area contributed by atoms with E-state index in [4.69, 9.17) is 0 Å². The summed E-state index contributed by atoms with van der Waals surface area (Å²) in [5, 5.41) is 20.2. The van der Waals surface area contributed by atoms with E-state index in [1.165, 1.54) is 0 Å². The number of carbonyl (C=O) groups is 1. The lowest BCUT2D eigenvalue weighted by Gasteiger charge is -2.59. The molecule has 4 saturated carbocycles. The summed E-state index contributed by atoms with van der Waals surface area (Å²) in [7, 11) is 0. The van der Waals surface area contributed by atoms with Crippen LogP contribution in [-0.2, 0) is 4.79 Å². The van der Waals surface area contributed by atoms with Crippen molar-refractivity contribution in [1.29, 1.82) is 0 Å². The first-order valence-electron chi connectivity index (χ1n) is 9.22. The van der Waals surface area contributed by atoms with Gasteiger partial charge in [0.25, 0.3) is 0 Å². The molecule has 0 radical (unpaired) electrons. The van der Waals surface area contributed by atoms with Crippen molar-refractivity contribution in [3.05, 3.63) is 0 Å². The number of carbonyl (C=O) groups excluding carboxylic acids is 1. The number of ketones is 1. The second-order valence-corrected chi connectivity index (χ2v) is 9.33. The van der Waals surface area contributed by atoms with Gasteiger partial charge in [0.2, 0.25) is 0 Å². The standard InChI is InChI=1S/C19H30O3/c1-18-5-4-14-17(15(18)9-13(21)10-18)16(22)8-11-7-12(20)3-6-19(11,14)2/h11-15,17,20-21H,3-10H2,1-2H3/t11-,12-,13-,14-,15-,17+,18-,19+/m1/s1. The van der Waals surface area contributed by atoms with Gasteiger partial charge >= 0.3 is 0 Å². The Bertz CT molecular complexity index is 489. The van der Waals surface area contributed by atoms with Gasteiger partial charge in [0.15, 0.2) is 0 Å².